The van der Waals surface area contributed by atoms with Crippen molar-refractivity contribution >= 4 is 0 Å². The van der Waals surface area contributed by atoms with E-state index in [2.05, 4.69) is 27.7 Å². The van der Waals surface area contributed by atoms with E-state index in [0.29, 0.717) is 0 Å². The molecule has 0 rings (SSSR count). The molecule has 0 heterocycles. The van der Waals surface area contributed by atoms with Gasteiger partial charge in [0, 0.05) is 0 Å². The first-order valence-corrected chi connectivity index (χ1v) is 16.1. The van der Waals surface area contributed by atoms with Gasteiger partial charge in [-0.25, -0.2) is 0 Å². The highest BCUT2D eigenvalue weighted by molar-refractivity contribution is 4.55. The lowest BCUT2D eigenvalue weighted by atomic mass is 10.0. The number of rotatable bonds is 28. The van der Waals surface area contributed by atoms with Crippen molar-refractivity contribution in [2.45, 2.75) is 182 Å². The van der Waals surface area contributed by atoms with Crippen molar-refractivity contribution in [3.8, 4) is 0 Å². The Balaban J connectivity index is -0.00000512. The fourth-order valence-electron chi connectivity index (χ4n) is 5.58. The Kier molecular flexibility index (Phi) is 35.8. The normalized spacial score (nSPS) is 11.3. The van der Waals surface area contributed by atoms with E-state index in [1.165, 1.54) is 185 Å². The third kappa shape index (κ3) is 26.7. The second-order valence-corrected chi connectivity index (χ2v) is 11.3. The number of halogens is 2. The van der Waals surface area contributed by atoms with E-state index in [1.54, 1.807) is 0 Å². The van der Waals surface area contributed by atoms with E-state index in [1.807, 2.05) is 0 Å². The molecule has 0 aliphatic carbocycles. The van der Waals surface area contributed by atoms with Crippen molar-refractivity contribution in [1.29, 1.82) is 0 Å². The highest BCUT2D eigenvalue weighted by atomic mass is 19.0. The van der Waals surface area contributed by atoms with Crippen molar-refractivity contribution in [3.63, 3.8) is 0 Å². The quantitative estimate of drug-likeness (QED) is 0.0731. The summed E-state index contributed by atoms with van der Waals surface area (Å²) in [6.45, 7) is 15.3. The minimum absolute atomic E-state index is 0. The first-order valence-electron chi connectivity index (χ1n) is 16.1. The van der Waals surface area contributed by atoms with Gasteiger partial charge in [0.2, 0.25) is 0 Å². The molecular formula is C32H70F2N+. The molecule has 0 radical (unpaired) electrons. The summed E-state index contributed by atoms with van der Waals surface area (Å²) in [5.41, 5.74) is 0. The maximum Gasteiger partial charge on any atom is 0.0786 e. The van der Waals surface area contributed by atoms with E-state index in [4.69, 9.17) is 0 Å². The Bertz CT molecular complexity index is 292. The highest BCUT2D eigenvalue weighted by Crippen LogP contribution is 2.20. The summed E-state index contributed by atoms with van der Waals surface area (Å²) < 4.78 is 1.48. The Morgan fingerprint density at radius 2 is 0.429 bits per heavy atom. The van der Waals surface area contributed by atoms with Gasteiger partial charge in [-0.2, -0.15) is 0 Å². The van der Waals surface area contributed by atoms with Crippen molar-refractivity contribution in [2.75, 3.05) is 26.2 Å². The first-order chi connectivity index (χ1) is 16.2. The third-order valence-electron chi connectivity index (χ3n) is 7.94. The number of quaternary nitrogens is 1. The largest absolute Gasteiger partial charge is 0.324 e. The third-order valence-corrected chi connectivity index (χ3v) is 7.94. The van der Waals surface area contributed by atoms with Crippen molar-refractivity contribution in [1.82, 2.24) is 0 Å². The molecule has 0 aromatic rings. The van der Waals surface area contributed by atoms with E-state index >= 15 is 0 Å². The van der Waals surface area contributed by atoms with Gasteiger partial charge in [-0.15, -0.1) is 0 Å². The summed E-state index contributed by atoms with van der Waals surface area (Å²) in [7, 11) is 0. The van der Waals surface area contributed by atoms with Gasteiger partial charge < -0.3 is 4.48 Å². The lowest BCUT2D eigenvalue weighted by molar-refractivity contribution is -0.929. The van der Waals surface area contributed by atoms with Crippen LogP contribution in [0.15, 0.2) is 0 Å². The summed E-state index contributed by atoms with van der Waals surface area (Å²) in [6, 6.07) is 0. The maximum absolute atomic E-state index is 2.34. The predicted octanol–water partition coefficient (Wildman–Crippen LogP) is 11.6. The van der Waals surface area contributed by atoms with Crippen LogP contribution in [0.5, 0.6) is 0 Å². The fraction of sp³-hybridized carbons (Fsp3) is 1.00. The molecule has 3 heteroatoms. The summed E-state index contributed by atoms with van der Waals surface area (Å²) in [6.07, 6.45) is 34.8. The summed E-state index contributed by atoms with van der Waals surface area (Å²) in [4.78, 5) is 0. The van der Waals surface area contributed by atoms with Gasteiger partial charge in [0.25, 0.3) is 0 Å². The van der Waals surface area contributed by atoms with Crippen LogP contribution in [0.2, 0.25) is 0 Å². The van der Waals surface area contributed by atoms with Gasteiger partial charge in [-0.1, -0.05) is 130 Å². The Morgan fingerprint density at radius 3 is 0.629 bits per heavy atom. The monoisotopic (exact) mass is 507 g/mol. The summed E-state index contributed by atoms with van der Waals surface area (Å²) in [5.74, 6) is 0. The minimum atomic E-state index is 0. The Morgan fingerprint density at radius 1 is 0.257 bits per heavy atom. The highest BCUT2D eigenvalue weighted by Gasteiger charge is 2.25. The average Bonchev–Trinajstić information content (AvgIpc) is 2.83. The molecule has 0 N–H and O–H groups in total. The number of hydrogen-bond acceptors (Lipinski definition) is 0. The zero-order valence-electron chi connectivity index (χ0n) is 25.1. The lowest BCUT2D eigenvalue weighted by Gasteiger charge is -2.40. The molecule has 0 fully saturated rings. The Labute approximate surface area is 221 Å². The fourth-order valence-corrected chi connectivity index (χ4v) is 5.58. The second kappa shape index (κ2) is 31.8. The van der Waals surface area contributed by atoms with Gasteiger partial charge in [0.05, 0.1) is 26.2 Å². The maximum atomic E-state index is 2.34. The van der Waals surface area contributed by atoms with Crippen LogP contribution in [0.3, 0.4) is 0 Å². The van der Waals surface area contributed by atoms with Crippen LogP contribution in [-0.4, -0.2) is 30.7 Å². The molecule has 0 atom stereocenters. The molecule has 0 bridgehead atoms. The van der Waals surface area contributed by atoms with Crippen molar-refractivity contribution in [2.24, 2.45) is 0 Å². The summed E-state index contributed by atoms with van der Waals surface area (Å²) >= 11 is 0. The zero-order chi connectivity index (χ0) is 24.3. The molecule has 0 spiro atoms. The number of hydrogen-bond donors (Lipinski definition) is 0. The van der Waals surface area contributed by atoms with E-state index in [0.717, 1.165) is 0 Å². The van der Waals surface area contributed by atoms with Crippen LogP contribution in [-0.2, 0) is 0 Å². The zero-order valence-corrected chi connectivity index (χ0v) is 25.1. The molecule has 216 valence electrons. The molecule has 0 amide bonds. The summed E-state index contributed by atoms with van der Waals surface area (Å²) in [5, 5.41) is 0. The molecule has 0 aliphatic heterocycles. The molecule has 0 aromatic carbocycles. The topological polar surface area (TPSA) is 0 Å². The van der Waals surface area contributed by atoms with Crippen LogP contribution in [0.25, 0.3) is 0 Å². The van der Waals surface area contributed by atoms with Crippen LogP contribution in [0, 0.1) is 0 Å². The number of nitrogens with zero attached hydrogens (tertiary/aromatic N) is 1. The van der Waals surface area contributed by atoms with Gasteiger partial charge in [-0.3, -0.25) is 9.41 Å². The molecule has 0 saturated carbocycles. The minimum Gasteiger partial charge on any atom is -0.324 e. The molecule has 1 nitrogen and oxygen atoms in total. The van der Waals surface area contributed by atoms with E-state index < -0.39 is 0 Å². The molecule has 0 aliphatic rings. The van der Waals surface area contributed by atoms with E-state index in [-0.39, 0.29) is 9.41 Å². The van der Waals surface area contributed by atoms with Gasteiger partial charge in [0.1, 0.15) is 0 Å². The smallest absolute Gasteiger partial charge is 0.0786 e. The SMILES string of the molecule is CCCCCCCC[N+](CCCCCCCC)(CCCCCCCC)CCCCCCCC.F.F. The van der Waals surface area contributed by atoms with Crippen molar-refractivity contribution in [3.05, 3.63) is 0 Å². The van der Waals surface area contributed by atoms with Gasteiger partial charge >= 0.3 is 0 Å². The van der Waals surface area contributed by atoms with Gasteiger partial charge in [-0.05, 0) is 51.4 Å². The Hall–Kier alpha value is -0.180. The average molecular weight is 507 g/mol. The lowest BCUT2D eigenvalue weighted by Crippen LogP contribution is -2.50. The molecule has 0 saturated heterocycles. The van der Waals surface area contributed by atoms with Crippen LogP contribution in [0.1, 0.15) is 182 Å². The van der Waals surface area contributed by atoms with Crippen LogP contribution < -0.4 is 0 Å². The molecule has 0 unspecified atom stereocenters. The molecule has 0 aromatic heterocycles. The van der Waals surface area contributed by atoms with Crippen molar-refractivity contribution < 1.29 is 13.9 Å². The predicted molar refractivity (Wildman–Crippen MR) is 158 cm³/mol. The first kappa shape index (κ1) is 39.3. The second-order valence-electron chi connectivity index (χ2n) is 11.3. The van der Waals surface area contributed by atoms with Crippen LogP contribution >= 0.6 is 0 Å². The molecular weight excluding hydrogens is 436 g/mol. The van der Waals surface area contributed by atoms with E-state index in [9.17, 15) is 0 Å². The number of unbranched alkanes of at least 4 members (excludes halogenated alkanes) is 20. The molecule has 35 heavy (non-hydrogen) atoms. The van der Waals surface area contributed by atoms with Crippen LogP contribution in [0.4, 0.5) is 9.41 Å². The standard InChI is InChI=1S/C32H68N.2FH/c1-5-9-13-17-21-25-29-33(30-26-22-18-14-10-6-2,31-27-23-19-15-11-7-3)32-28-24-20-16-12-8-4;;/h5-32H2,1-4H3;2*1H/q+1;;. The van der Waals surface area contributed by atoms with Gasteiger partial charge in [0.15, 0.2) is 0 Å².